The first-order valence-corrected chi connectivity index (χ1v) is 8.02. The van der Waals surface area contributed by atoms with Crippen molar-refractivity contribution >= 4 is 34.7 Å². The van der Waals surface area contributed by atoms with Gasteiger partial charge >= 0.3 is 12.1 Å². The zero-order chi connectivity index (χ0) is 19.2. The molecular formula is C17H18N6O4. The number of benzene rings is 1. The molecule has 0 saturated heterocycles. The number of hydrogen-bond acceptors (Lipinski definition) is 5. The second-order valence-corrected chi connectivity index (χ2v) is 5.63. The lowest BCUT2D eigenvalue weighted by molar-refractivity contribution is 0.168. The van der Waals surface area contributed by atoms with Gasteiger partial charge in [-0.1, -0.05) is 30.3 Å². The Morgan fingerprint density at radius 3 is 2.74 bits per heavy atom. The predicted octanol–water partition coefficient (Wildman–Crippen LogP) is 2.56. The van der Waals surface area contributed by atoms with Gasteiger partial charge in [-0.15, -0.1) is 0 Å². The minimum Gasteiger partial charge on any atom is -0.465 e. The molecule has 0 spiro atoms. The van der Waals surface area contributed by atoms with Crippen molar-refractivity contribution in [2.24, 2.45) is 0 Å². The summed E-state index contributed by atoms with van der Waals surface area (Å²) >= 11 is 0. The molecule has 0 aliphatic rings. The van der Waals surface area contributed by atoms with Crippen LogP contribution in [0.4, 0.5) is 21.2 Å². The number of carbonyl (C=O) groups is 2. The summed E-state index contributed by atoms with van der Waals surface area (Å²) in [6.45, 7) is 0.314. The molecule has 10 nitrogen and oxygen atoms in total. The van der Waals surface area contributed by atoms with Gasteiger partial charge in [0, 0.05) is 19.4 Å². The summed E-state index contributed by atoms with van der Waals surface area (Å²) in [5, 5.41) is 23.5. The summed E-state index contributed by atoms with van der Waals surface area (Å²) in [7, 11) is 1.56. The number of ether oxygens (including phenoxy) is 1. The van der Waals surface area contributed by atoms with Gasteiger partial charge in [0.05, 0.1) is 23.6 Å². The summed E-state index contributed by atoms with van der Waals surface area (Å²) in [6, 6.07) is 10.2. The van der Waals surface area contributed by atoms with Gasteiger partial charge in [0.2, 0.25) is 0 Å². The average molecular weight is 370 g/mol. The number of anilines is 2. The molecule has 0 unspecified atom stereocenters. The molecule has 3 amide bonds. The van der Waals surface area contributed by atoms with Crippen molar-refractivity contribution in [2.75, 3.05) is 24.4 Å². The van der Waals surface area contributed by atoms with Crippen LogP contribution in [0.3, 0.4) is 0 Å². The number of methoxy groups -OCH3 is 1. The summed E-state index contributed by atoms with van der Waals surface area (Å²) in [4.78, 5) is 27.2. The SMILES string of the molecule is COC[C@@H](NC(=O)Nc1cc2[nH]nc(NC(=O)O)c2cn1)c1ccccc1. The average Bonchev–Trinajstić information content (AvgIpc) is 3.03. The highest BCUT2D eigenvalue weighted by Gasteiger charge is 2.15. The largest absolute Gasteiger partial charge is 0.465 e. The van der Waals surface area contributed by atoms with Crippen LogP contribution in [0.5, 0.6) is 0 Å². The molecule has 3 rings (SSSR count). The Kier molecular flexibility index (Phi) is 5.47. The van der Waals surface area contributed by atoms with E-state index >= 15 is 0 Å². The van der Waals surface area contributed by atoms with Gasteiger partial charge in [-0.3, -0.25) is 15.7 Å². The second kappa shape index (κ2) is 8.15. The van der Waals surface area contributed by atoms with Gasteiger partial charge in [-0.05, 0) is 5.56 Å². The van der Waals surface area contributed by atoms with Crippen molar-refractivity contribution in [2.45, 2.75) is 6.04 Å². The van der Waals surface area contributed by atoms with Gasteiger partial charge in [-0.25, -0.2) is 14.6 Å². The number of H-pyrrole nitrogens is 1. The third kappa shape index (κ3) is 4.50. The molecule has 2 aromatic heterocycles. The first-order chi connectivity index (χ1) is 13.1. The van der Waals surface area contributed by atoms with E-state index in [2.05, 4.69) is 31.1 Å². The lowest BCUT2D eigenvalue weighted by atomic mass is 10.1. The van der Waals surface area contributed by atoms with Crippen molar-refractivity contribution in [1.82, 2.24) is 20.5 Å². The van der Waals surface area contributed by atoms with E-state index in [0.29, 0.717) is 17.5 Å². The number of hydrogen-bond donors (Lipinski definition) is 5. The molecule has 140 valence electrons. The Balaban J connectivity index is 1.70. The summed E-state index contributed by atoms with van der Waals surface area (Å²) in [6.07, 6.45) is 0.193. The van der Waals surface area contributed by atoms with Gasteiger partial charge < -0.3 is 15.2 Å². The maximum Gasteiger partial charge on any atom is 0.410 e. The first kappa shape index (κ1) is 18.1. The molecule has 1 aromatic carbocycles. The van der Waals surface area contributed by atoms with Crippen molar-refractivity contribution < 1.29 is 19.4 Å². The first-order valence-electron chi connectivity index (χ1n) is 8.02. The third-order valence-electron chi connectivity index (χ3n) is 3.75. The van der Waals surface area contributed by atoms with Crippen LogP contribution in [0, 0.1) is 0 Å². The van der Waals surface area contributed by atoms with E-state index in [0.717, 1.165) is 5.56 Å². The predicted molar refractivity (Wildman–Crippen MR) is 98.7 cm³/mol. The van der Waals surface area contributed by atoms with Crippen LogP contribution in [-0.2, 0) is 4.74 Å². The fraction of sp³-hybridized carbons (Fsp3) is 0.176. The number of aromatic nitrogens is 3. The smallest absolute Gasteiger partial charge is 0.410 e. The number of pyridine rings is 1. The molecule has 2 heterocycles. The molecule has 0 aliphatic carbocycles. The maximum absolute atomic E-state index is 12.3. The van der Waals surface area contributed by atoms with Crippen LogP contribution in [-0.4, -0.2) is 46.1 Å². The lowest BCUT2D eigenvalue weighted by Crippen LogP contribution is -2.35. The number of fused-ring (bicyclic) bond motifs is 1. The Morgan fingerprint density at radius 2 is 2.04 bits per heavy atom. The molecule has 27 heavy (non-hydrogen) atoms. The molecule has 10 heteroatoms. The van der Waals surface area contributed by atoms with E-state index in [-0.39, 0.29) is 17.7 Å². The van der Waals surface area contributed by atoms with Crippen molar-refractivity contribution in [1.29, 1.82) is 0 Å². The highest BCUT2D eigenvalue weighted by atomic mass is 16.5. The summed E-state index contributed by atoms with van der Waals surface area (Å²) in [5.41, 5.74) is 1.44. The van der Waals surface area contributed by atoms with Gasteiger partial charge in [0.15, 0.2) is 5.82 Å². The number of amides is 3. The number of nitrogens with one attached hydrogen (secondary N) is 4. The second-order valence-electron chi connectivity index (χ2n) is 5.63. The minimum atomic E-state index is -1.23. The molecule has 0 radical (unpaired) electrons. The highest BCUT2D eigenvalue weighted by molar-refractivity contribution is 5.98. The highest BCUT2D eigenvalue weighted by Crippen LogP contribution is 2.21. The van der Waals surface area contributed by atoms with Gasteiger partial charge in [-0.2, -0.15) is 5.10 Å². The number of carboxylic acid groups (broad SMARTS) is 1. The molecular weight excluding hydrogens is 352 g/mol. The Hall–Kier alpha value is -3.66. The van der Waals surface area contributed by atoms with E-state index in [1.54, 1.807) is 13.2 Å². The van der Waals surface area contributed by atoms with E-state index in [1.165, 1.54) is 6.20 Å². The molecule has 0 saturated carbocycles. The molecule has 1 atom stereocenters. The number of carbonyl (C=O) groups excluding carboxylic acids is 1. The van der Waals surface area contributed by atoms with Crippen LogP contribution < -0.4 is 16.0 Å². The minimum absolute atomic E-state index is 0.144. The van der Waals surface area contributed by atoms with Crippen LogP contribution in [0.2, 0.25) is 0 Å². The summed E-state index contributed by atoms with van der Waals surface area (Å²) in [5.74, 6) is 0.431. The Bertz CT molecular complexity index is 943. The topological polar surface area (TPSA) is 141 Å². The van der Waals surface area contributed by atoms with Crippen molar-refractivity contribution in [3.8, 4) is 0 Å². The van der Waals surface area contributed by atoms with Gasteiger partial charge in [0.25, 0.3) is 0 Å². The van der Waals surface area contributed by atoms with Crippen LogP contribution in [0.15, 0.2) is 42.6 Å². The molecule has 5 N–H and O–H groups in total. The maximum atomic E-state index is 12.3. The number of rotatable bonds is 6. The fourth-order valence-corrected chi connectivity index (χ4v) is 2.56. The molecule has 0 aliphatic heterocycles. The lowest BCUT2D eigenvalue weighted by Gasteiger charge is -2.18. The Morgan fingerprint density at radius 1 is 1.26 bits per heavy atom. The van der Waals surface area contributed by atoms with E-state index in [4.69, 9.17) is 9.84 Å². The normalized spacial score (nSPS) is 11.7. The Labute approximate surface area is 153 Å². The van der Waals surface area contributed by atoms with Crippen molar-refractivity contribution in [3.05, 3.63) is 48.2 Å². The number of nitrogens with zero attached hydrogens (tertiary/aromatic N) is 2. The molecule has 3 aromatic rings. The molecule has 0 fully saturated rings. The monoisotopic (exact) mass is 370 g/mol. The standard InChI is InChI=1S/C17H18N6O4/c1-27-9-13(10-5-3-2-4-6-10)19-16(24)20-14-7-12-11(8-18-14)15(23-22-12)21-17(25)26/h2-8,13H,9H2,1H3,(H,25,26)(H2,21,22,23)(H2,18,19,20,24)/t13-/m1/s1. The van der Waals surface area contributed by atoms with Crippen LogP contribution in [0.25, 0.3) is 10.9 Å². The number of aromatic amines is 1. The van der Waals surface area contributed by atoms with E-state index in [9.17, 15) is 9.59 Å². The van der Waals surface area contributed by atoms with Crippen LogP contribution in [0.1, 0.15) is 11.6 Å². The number of urea groups is 1. The van der Waals surface area contributed by atoms with Crippen molar-refractivity contribution in [3.63, 3.8) is 0 Å². The van der Waals surface area contributed by atoms with Gasteiger partial charge in [0.1, 0.15) is 5.82 Å². The quantitative estimate of drug-likeness (QED) is 0.451. The fourth-order valence-electron chi connectivity index (χ4n) is 2.56. The summed E-state index contributed by atoms with van der Waals surface area (Å²) < 4.78 is 5.18. The third-order valence-corrected chi connectivity index (χ3v) is 3.75. The van der Waals surface area contributed by atoms with Crippen LogP contribution >= 0.6 is 0 Å². The van der Waals surface area contributed by atoms with E-state index < -0.39 is 12.1 Å². The van der Waals surface area contributed by atoms with E-state index in [1.807, 2.05) is 30.3 Å². The zero-order valence-electron chi connectivity index (χ0n) is 14.4. The zero-order valence-corrected chi connectivity index (χ0v) is 14.4. The molecule has 0 bridgehead atoms.